The lowest BCUT2D eigenvalue weighted by Gasteiger charge is -2.11. The summed E-state index contributed by atoms with van der Waals surface area (Å²) >= 11 is 5.44. The molecule has 0 unspecified atom stereocenters. The van der Waals surface area contributed by atoms with Crippen LogP contribution in [0.15, 0.2) is 10.4 Å². The maximum atomic E-state index is 9.42. The van der Waals surface area contributed by atoms with Crippen LogP contribution in [0.5, 0.6) is 0 Å². The maximum Gasteiger partial charge on any atom is 0.125 e. The first-order chi connectivity index (χ1) is 4.50. The van der Waals surface area contributed by atoms with Gasteiger partial charge in [-0.1, -0.05) is 0 Å². The summed E-state index contributed by atoms with van der Waals surface area (Å²) in [4.78, 5) is 4.01. The van der Waals surface area contributed by atoms with Crippen LogP contribution in [0.25, 0.3) is 0 Å². The van der Waals surface area contributed by atoms with Crippen LogP contribution in [-0.4, -0.2) is 10.1 Å². The summed E-state index contributed by atoms with van der Waals surface area (Å²) < 4.78 is 0. The van der Waals surface area contributed by atoms with Crippen molar-refractivity contribution in [2.45, 2.75) is 24.5 Å². The van der Waals surface area contributed by atoms with E-state index >= 15 is 0 Å². The zero-order chi connectivity index (χ0) is 7.78. The quantitative estimate of drug-likeness (QED) is 0.636. The zero-order valence-electron chi connectivity index (χ0n) is 5.83. The third kappa shape index (κ3) is 1.71. The lowest BCUT2D eigenvalue weighted by molar-refractivity contribution is 0.0778. The van der Waals surface area contributed by atoms with Crippen molar-refractivity contribution in [2.24, 2.45) is 0 Å². The highest BCUT2D eigenvalue weighted by Crippen LogP contribution is 2.24. The Morgan fingerprint density at radius 3 is 2.50 bits per heavy atom. The fraction of sp³-hybridized carbons (Fsp3) is 0.500. The van der Waals surface area contributed by atoms with Crippen molar-refractivity contribution in [1.29, 1.82) is 0 Å². The van der Waals surface area contributed by atoms with Crippen molar-refractivity contribution in [2.75, 3.05) is 0 Å². The fourth-order valence-corrected chi connectivity index (χ4v) is 1.58. The van der Waals surface area contributed by atoms with Gasteiger partial charge in [0.2, 0.25) is 0 Å². The predicted octanol–water partition coefficient (Wildman–Crippen LogP) is 1.66. The molecule has 1 heterocycles. The Kier molecular flexibility index (Phi) is 2.03. The molecule has 0 aliphatic carbocycles. The van der Waals surface area contributed by atoms with Crippen molar-refractivity contribution in [3.8, 4) is 0 Å². The molecule has 1 aromatic rings. The van der Waals surface area contributed by atoms with Crippen LogP contribution in [0, 0.1) is 0 Å². The second-order valence-electron chi connectivity index (χ2n) is 2.57. The molecule has 0 bridgehead atoms. The van der Waals surface area contributed by atoms with Gasteiger partial charge in [0, 0.05) is 5.38 Å². The van der Waals surface area contributed by atoms with Gasteiger partial charge in [0.25, 0.3) is 0 Å². The Labute approximate surface area is 69.3 Å². The molecule has 0 aliphatic rings. The SMILES string of the molecule is CC(C)(O)c1nc(S)cs1. The molecule has 0 aromatic carbocycles. The average molecular weight is 175 g/mol. The number of hydrogen-bond donors (Lipinski definition) is 2. The Morgan fingerprint density at radius 1 is 1.70 bits per heavy atom. The summed E-state index contributed by atoms with van der Waals surface area (Å²) in [6.45, 7) is 3.41. The number of thiol groups is 1. The molecule has 56 valence electrons. The Hall–Kier alpha value is -0.0600. The molecule has 1 N–H and O–H groups in total. The molecular weight excluding hydrogens is 166 g/mol. The van der Waals surface area contributed by atoms with E-state index in [9.17, 15) is 5.11 Å². The maximum absolute atomic E-state index is 9.42. The van der Waals surface area contributed by atoms with E-state index in [-0.39, 0.29) is 0 Å². The number of hydrogen-bond acceptors (Lipinski definition) is 4. The van der Waals surface area contributed by atoms with Crippen molar-refractivity contribution >= 4 is 24.0 Å². The standard InChI is InChI=1S/C6H9NOS2/c1-6(2,8)5-7-4(9)3-10-5/h3,8-9H,1-2H3. The molecular formula is C6H9NOS2. The van der Waals surface area contributed by atoms with Gasteiger partial charge in [0.15, 0.2) is 0 Å². The minimum absolute atomic E-state index is 0.669. The van der Waals surface area contributed by atoms with Crippen LogP contribution in [0.4, 0.5) is 0 Å². The summed E-state index contributed by atoms with van der Waals surface area (Å²) in [5.41, 5.74) is -0.828. The minimum atomic E-state index is -0.828. The molecule has 4 heteroatoms. The molecule has 0 aliphatic heterocycles. The zero-order valence-corrected chi connectivity index (χ0v) is 7.54. The van der Waals surface area contributed by atoms with Gasteiger partial charge in [0.1, 0.15) is 15.6 Å². The molecule has 1 aromatic heterocycles. The van der Waals surface area contributed by atoms with E-state index in [4.69, 9.17) is 0 Å². The van der Waals surface area contributed by atoms with Gasteiger partial charge in [-0.15, -0.1) is 24.0 Å². The van der Waals surface area contributed by atoms with E-state index in [2.05, 4.69) is 17.6 Å². The molecule has 0 spiro atoms. The van der Waals surface area contributed by atoms with Crippen LogP contribution in [0.1, 0.15) is 18.9 Å². The van der Waals surface area contributed by atoms with Gasteiger partial charge in [-0.2, -0.15) is 0 Å². The first-order valence-corrected chi connectivity index (χ1v) is 4.20. The first-order valence-electron chi connectivity index (χ1n) is 2.87. The highest BCUT2D eigenvalue weighted by molar-refractivity contribution is 7.80. The van der Waals surface area contributed by atoms with Crippen molar-refractivity contribution in [1.82, 2.24) is 4.98 Å². The van der Waals surface area contributed by atoms with Crippen molar-refractivity contribution in [3.63, 3.8) is 0 Å². The smallest absolute Gasteiger partial charge is 0.125 e. The van der Waals surface area contributed by atoms with E-state index in [0.29, 0.717) is 10.0 Å². The van der Waals surface area contributed by atoms with Gasteiger partial charge in [-0.05, 0) is 13.8 Å². The van der Waals surface area contributed by atoms with Crippen LogP contribution in [0.2, 0.25) is 0 Å². The summed E-state index contributed by atoms with van der Waals surface area (Å²) in [6, 6.07) is 0. The van der Waals surface area contributed by atoms with E-state index in [1.54, 1.807) is 19.2 Å². The van der Waals surface area contributed by atoms with Gasteiger partial charge in [-0.25, -0.2) is 4.98 Å². The van der Waals surface area contributed by atoms with Gasteiger partial charge in [-0.3, -0.25) is 0 Å². The molecule has 0 atom stereocenters. The molecule has 0 saturated carbocycles. The highest BCUT2D eigenvalue weighted by atomic mass is 32.1. The van der Waals surface area contributed by atoms with E-state index in [1.165, 1.54) is 11.3 Å². The van der Waals surface area contributed by atoms with Crippen LogP contribution in [-0.2, 0) is 5.60 Å². The summed E-state index contributed by atoms with van der Waals surface area (Å²) in [5, 5.41) is 12.6. The molecule has 1 rings (SSSR count). The monoisotopic (exact) mass is 175 g/mol. The molecule has 0 amide bonds. The Balaban J connectivity index is 2.96. The van der Waals surface area contributed by atoms with E-state index in [1.807, 2.05) is 0 Å². The Bertz CT molecular complexity index is 226. The minimum Gasteiger partial charge on any atom is -0.383 e. The van der Waals surface area contributed by atoms with Gasteiger partial charge < -0.3 is 5.11 Å². The van der Waals surface area contributed by atoms with Crippen molar-refractivity contribution in [3.05, 3.63) is 10.4 Å². The highest BCUT2D eigenvalue weighted by Gasteiger charge is 2.19. The van der Waals surface area contributed by atoms with Crippen LogP contribution >= 0.6 is 24.0 Å². The molecule has 0 radical (unpaired) electrons. The fourth-order valence-electron chi connectivity index (χ4n) is 0.546. The third-order valence-corrected chi connectivity index (χ3v) is 2.57. The number of aromatic nitrogens is 1. The van der Waals surface area contributed by atoms with E-state index in [0.717, 1.165) is 0 Å². The summed E-state index contributed by atoms with van der Waals surface area (Å²) in [5.74, 6) is 0. The van der Waals surface area contributed by atoms with E-state index < -0.39 is 5.60 Å². The first kappa shape index (κ1) is 8.04. The second kappa shape index (κ2) is 2.53. The predicted molar refractivity (Wildman–Crippen MR) is 44.6 cm³/mol. The second-order valence-corrected chi connectivity index (χ2v) is 3.89. The van der Waals surface area contributed by atoms with Crippen LogP contribution in [0.3, 0.4) is 0 Å². The largest absolute Gasteiger partial charge is 0.383 e. The number of rotatable bonds is 1. The summed E-state index contributed by atoms with van der Waals surface area (Å²) in [6.07, 6.45) is 0. The third-order valence-electron chi connectivity index (χ3n) is 1.02. The van der Waals surface area contributed by atoms with Gasteiger partial charge >= 0.3 is 0 Å². The average Bonchev–Trinajstić information content (AvgIpc) is 2.11. The molecule has 10 heavy (non-hydrogen) atoms. The van der Waals surface area contributed by atoms with Crippen LogP contribution < -0.4 is 0 Å². The number of thiazole rings is 1. The molecule has 0 saturated heterocycles. The van der Waals surface area contributed by atoms with Gasteiger partial charge in [0.05, 0.1) is 0 Å². The lowest BCUT2D eigenvalue weighted by Crippen LogP contribution is -2.14. The number of aliphatic hydroxyl groups is 1. The van der Waals surface area contributed by atoms with Crippen molar-refractivity contribution < 1.29 is 5.11 Å². The molecule has 2 nitrogen and oxygen atoms in total. The summed E-state index contributed by atoms with van der Waals surface area (Å²) in [7, 11) is 0. The lowest BCUT2D eigenvalue weighted by atomic mass is 10.2. The molecule has 0 fully saturated rings. The number of nitrogens with zero attached hydrogens (tertiary/aromatic N) is 1. The topological polar surface area (TPSA) is 33.1 Å². The normalized spacial score (nSPS) is 12.0. The Morgan fingerprint density at radius 2 is 2.30 bits per heavy atom.